The molecule has 0 radical (unpaired) electrons. The first-order valence-corrected chi connectivity index (χ1v) is 8.16. The number of nitrogens with zero attached hydrogens (tertiary/aromatic N) is 4. The first kappa shape index (κ1) is 17.2. The number of nitrogens with one attached hydrogen (secondary N) is 1. The van der Waals surface area contributed by atoms with Gasteiger partial charge in [0.25, 0.3) is 5.56 Å². The van der Waals surface area contributed by atoms with Gasteiger partial charge in [-0.05, 0) is 24.9 Å². The lowest BCUT2D eigenvalue weighted by Gasteiger charge is -2.17. The van der Waals surface area contributed by atoms with Gasteiger partial charge in [0.2, 0.25) is 5.88 Å². The van der Waals surface area contributed by atoms with Gasteiger partial charge in [-0.2, -0.15) is 4.98 Å². The van der Waals surface area contributed by atoms with Gasteiger partial charge in [-0.15, -0.1) is 0 Å². The van der Waals surface area contributed by atoms with E-state index in [2.05, 4.69) is 20.2 Å². The first-order chi connectivity index (χ1) is 12.1. The average Bonchev–Trinajstić information content (AvgIpc) is 3.06. The Morgan fingerprint density at radius 2 is 2.28 bits per heavy atom. The number of ether oxygens (including phenoxy) is 1. The van der Waals surface area contributed by atoms with E-state index in [1.807, 2.05) is 0 Å². The largest absolute Gasteiger partial charge is 0.481 e. The van der Waals surface area contributed by atoms with Crippen LogP contribution in [0.5, 0.6) is 5.88 Å². The highest BCUT2D eigenvalue weighted by Gasteiger charge is 2.22. The lowest BCUT2D eigenvalue weighted by Crippen LogP contribution is -2.32. The number of pyridine rings is 1. The number of hydrogen-bond acceptors (Lipinski definition) is 6. The number of methoxy groups -OCH3 is 1. The van der Waals surface area contributed by atoms with Crippen molar-refractivity contribution >= 4 is 17.3 Å². The molecule has 1 atom stereocenters. The second-order valence-corrected chi connectivity index (χ2v) is 6.09. The molecule has 3 heterocycles. The number of aromatic nitrogens is 3. The maximum Gasteiger partial charge on any atom is 0.404 e. The van der Waals surface area contributed by atoms with Gasteiger partial charge < -0.3 is 20.1 Å². The monoisotopic (exact) mass is 347 g/mol. The molecule has 0 aliphatic carbocycles. The van der Waals surface area contributed by atoms with Crippen LogP contribution in [-0.2, 0) is 6.54 Å². The molecule has 2 aromatic rings. The molecule has 0 bridgehead atoms. The highest BCUT2D eigenvalue weighted by Crippen LogP contribution is 2.16. The van der Waals surface area contributed by atoms with Crippen molar-refractivity contribution in [2.24, 2.45) is 5.92 Å². The topological polar surface area (TPSA) is 110 Å². The molecule has 25 heavy (non-hydrogen) atoms. The van der Waals surface area contributed by atoms with E-state index in [-0.39, 0.29) is 5.56 Å². The summed E-state index contributed by atoms with van der Waals surface area (Å²) < 4.78 is 6.74. The van der Waals surface area contributed by atoms with Crippen LogP contribution < -0.4 is 15.6 Å². The van der Waals surface area contributed by atoms with E-state index in [1.54, 1.807) is 16.7 Å². The minimum atomic E-state index is -0.992. The fourth-order valence-electron chi connectivity index (χ4n) is 3.11. The van der Waals surface area contributed by atoms with Crippen molar-refractivity contribution in [3.05, 3.63) is 28.7 Å². The lowest BCUT2D eigenvalue weighted by molar-refractivity contribution is 0.192. The van der Waals surface area contributed by atoms with Crippen LogP contribution in [-0.4, -0.2) is 63.9 Å². The van der Waals surface area contributed by atoms with Gasteiger partial charge >= 0.3 is 6.09 Å². The molecule has 134 valence electrons. The second kappa shape index (κ2) is 7.47. The molecule has 0 spiro atoms. The van der Waals surface area contributed by atoms with Gasteiger partial charge in [-0.3, -0.25) is 9.36 Å². The van der Waals surface area contributed by atoms with Crippen LogP contribution in [0.2, 0.25) is 0 Å². The van der Waals surface area contributed by atoms with E-state index in [0.717, 1.165) is 19.5 Å². The molecular weight excluding hydrogens is 326 g/mol. The summed E-state index contributed by atoms with van der Waals surface area (Å²) in [6, 6.07) is 3.49. The van der Waals surface area contributed by atoms with Gasteiger partial charge in [0.1, 0.15) is 5.52 Å². The van der Waals surface area contributed by atoms with Crippen molar-refractivity contribution in [3.8, 4) is 5.88 Å². The number of likely N-dealkylation sites (tertiary alicyclic amines) is 1. The molecular formula is C16H21N5O4. The SMILES string of the molecule is COc1ccc2ncc(=O)n(CCN3CC[C@@H](CNC(=O)O)C3)c2n1. The Hall–Kier alpha value is -2.68. The summed E-state index contributed by atoms with van der Waals surface area (Å²) in [4.78, 5) is 33.5. The summed E-state index contributed by atoms with van der Waals surface area (Å²) in [6.45, 7) is 3.36. The van der Waals surface area contributed by atoms with Gasteiger partial charge in [-0.25, -0.2) is 9.78 Å². The van der Waals surface area contributed by atoms with Crippen LogP contribution in [0, 0.1) is 5.92 Å². The van der Waals surface area contributed by atoms with E-state index >= 15 is 0 Å². The molecule has 2 N–H and O–H groups in total. The Labute approximate surface area is 144 Å². The second-order valence-electron chi connectivity index (χ2n) is 6.09. The van der Waals surface area contributed by atoms with Gasteiger partial charge in [-0.1, -0.05) is 0 Å². The molecule has 9 nitrogen and oxygen atoms in total. The fraction of sp³-hybridized carbons (Fsp3) is 0.500. The van der Waals surface area contributed by atoms with E-state index in [0.29, 0.717) is 42.6 Å². The predicted molar refractivity (Wildman–Crippen MR) is 90.9 cm³/mol. The molecule has 1 saturated heterocycles. The van der Waals surface area contributed by atoms with Crippen molar-refractivity contribution in [1.29, 1.82) is 0 Å². The summed E-state index contributed by atoms with van der Waals surface area (Å²) >= 11 is 0. The van der Waals surface area contributed by atoms with Crippen LogP contribution in [0.1, 0.15) is 6.42 Å². The Morgan fingerprint density at radius 1 is 1.44 bits per heavy atom. The number of fused-ring (bicyclic) bond motifs is 1. The zero-order chi connectivity index (χ0) is 17.8. The van der Waals surface area contributed by atoms with Crippen molar-refractivity contribution in [1.82, 2.24) is 24.8 Å². The Kier molecular flexibility index (Phi) is 5.13. The zero-order valence-electron chi connectivity index (χ0n) is 14.0. The summed E-state index contributed by atoms with van der Waals surface area (Å²) in [6.07, 6.45) is 1.26. The average molecular weight is 347 g/mol. The van der Waals surface area contributed by atoms with Crippen LogP contribution >= 0.6 is 0 Å². The standard InChI is InChI=1S/C16H21N5O4/c1-25-13-3-2-12-15(19-13)21(14(22)9-17-12)7-6-20-5-4-11(10-20)8-18-16(23)24/h2-3,9,11,18H,4-8,10H2,1H3,(H,23,24)/t11-/m0/s1. The minimum Gasteiger partial charge on any atom is -0.481 e. The van der Waals surface area contributed by atoms with Crippen LogP contribution in [0.4, 0.5) is 4.79 Å². The number of carbonyl (C=O) groups is 1. The quantitative estimate of drug-likeness (QED) is 0.778. The Bertz CT molecular complexity index is 822. The summed E-state index contributed by atoms with van der Waals surface area (Å²) in [5.41, 5.74) is 0.956. The molecule has 1 fully saturated rings. The van der Waals surface area contributed by atoms with Crippen LogP contribution in [0.25, 0.3) is 11.2 Å². The highest BCUT2D eigenvalue weighted by atomic mass is 16.5. The smallest absolute Gasteiger partial charge is 0.404 e. The molecule has 2 aromatic heterocycles. The van der Waals surface area contributed by atoms with E-state index in [4.69, 9.17) is 9.84 Å². The van der Waals surface area contributed by atoms with Crippen molar-refractivity contribution in [2.45, 2.75) is 13.0 Å². The van der Waals surface area contributed by atoms with E-state index < -0.39 is 6.09 Å². The van der Waals surface area contributed by atoms with E-state index in [9.17, 15) is 9.59 Å². The lowest BCUT2D eigenvalue weighted by atomic mass is 10.1. The normalized spacial score (nSPS) is 17.7. The molecule has 1 aliphatic heterocycles. The number of carboxylic acid groups (broad SMARTS) is 1. The highest BCUT2D eigenvalue weighted by molar-refractivity contribution is 5.70. The Morgan fingerprint density at radius 3 is 3.04 bits per heavy atom. The summed E-state index contributed by atoms with van der Waals surface area (Å²) in [7, 11) is 1.53. The predicted octanol–water partition coefficient (Wildman–Crippen LogP) is 0.390. The third-order valence-electron chi connectivity index (χ3n) is 4.43. The molecule has 1 amide bonds. The number of rotatable bonds is 6. The molecule has 1 aliphatic rings. The van der Waals surface area contributed by atoms with Crippen LogP contribution in [0.3, 0.4) is 0 Å². The number of amides is 1. The van der Waals surface area contributed by atoms with Gasteiger partial charge in [0, 0.05) is 32.2 Å². The van der Waals surface area contributed by atoms with Gasteiger partial charge in [0.05, 0.1) is 13.3 Å². The van der Waals surface area contributed by atoms with Gasteiger partial charge in [0.15, 0.2) is 5.65 Å². The molecule has 9 heteroatoms. The maximum absolute atomic E-state index is 12.2. The number of hydrogen-bond donors (Lipinski definition) is 2. The molecule has 3 rings (SSSR count). The van der Waals surface area contributed by atoms with Crippen molar-refractivity contribution in [3.63, 3.8) is 0 Å². The third-order valence-corrected chi connectivity index (χ3v) is 4.43. The molecule has 0 unspecified atom stereocenters. The zero-order valence-corrected chi connectivity index (χ0v) is 14.0. The fourth-order valence-corrected chi connectivity index (χ4v) is 3.11. The van der Waals surface area contributed by atoms with Crippen LogP contribution in [0.15, 0.2) is 23.1 Å². The third kappa shape index (κ3) is 4.05. The summed E-state index contributed by atoms with van der Waals surface area (Å²) in [5, 5.41) is 11.1. The Balaban J connectivity index is 1.68. The van der Waals surface area contributed by atoms with E-state index in [1.165, 1.54) is 13.3 Å². The summed E-state index contributed by atoms with van der Waals surface area (Å²) in [5.74, 6) is 0.745. The van der Waals surface area contributed by atoms with Crippen molar-refractivity contribution in [2.75, 3.05) is 33.3 Å². The minimum absolute atomic E-state index is 0.198. The maximum atomic E-state index is 12.2. The molecule has 0 aromatic carbocycles. The molecule has 0 saturated carbocycles. The van der Waals surface area contributed by atoms with Crippen molar-refractivity contribution < 1.29 is 14.6 Å². The first-order valence-electron chi connectivity index (χ1n) is 8.16.